The fraction of sp³-hybridized carbons (Fsp3) is 0.125. The highest BCUT2D eigenvalue weighted by Crippen LogP contribution is 2.27. The van der Waals surface area contributed by atoms with Gasteiger partial charge in [-0.05, 0) is 36.4 Å². The van der Waals surface area contributed by atoms with E-state index in [0.29, 0.717) is 28.4 Å². The molecule has 11 heteroatoms. The first-order valence-corrected chi connectivity index (χ1v) is 10.2. The monoisotopic (exact) mass is 474 g/mol. The number of rotatable bonds is 5. The number of nitrogens with zero attached hydrogens (tertiary/aromatic N) is 5. The molecule has 3 heterocycles. The molecule has 10 nitrogen and oxygen atoms in total. The maximum absolute atomic E-state index is 13.8. The van der Waals surface area contributed by atoms with Crippen LogP contribution in [0.4, 0.5) is 20.7 Å². The summed E-state index contributed by atoms with van der Waals surface area (Å²) < 4.78 is 25.0. The SMILES string of the molecule is COC(=O)Nc1ccc(-c2cnc3c(C#N)cc(N(C)C(=O)c4ccc(F)c(OC)c4)cn23)cn1. The van der Waals surface area contributed by atoms with Gasteiger partial charge in [0.2, 0.25) is 0 Å². The van der Waals surface area contributed by atoms with Gasteiger partial charge in [-0.3, -0.25) is 14.5 Å². The van der Waals surface area contributed by atoms with Crippen molar-refractivity contribution in [1.82, 2.24) is 14.4 Å². The van der Waals surface area contributed by atoms with Crippen molar-refractivity contribution in [3.05, 3.63) is 71.9 Å². The standard InChI is InChI=1S/C24H19FN6O4/c1-30(23(32)14-4-6-18(25)20(9-14)34-2)17-8-16(10-26)22-28-12-19(31(22)13-17)15-5-7-21(27-11-15)29-24(33)35-3/h4-9,11-13H,1-3H3,(H,27,29,33). The number of halogens is 1. The fourth-order valence-electron chi connectivity index (χ4n) is 3.43. The molecular formula is C24H19FN6O4. The van der Waals surface area contributed by atoms with Crippen LogP contribution in [-0.2, 0) is 4.74 Å². The normalized spacial score (nSPS) is 10.5. The van der Waals surface area contributed by atoms with Crippen LogP contribution in [-0.4, -0.2) is 47.6 Å². The highest BCUT2D eigenvalue weighted by Gasteiger charge is 2.19. The molecule has 35 heavy (non-hydrogen) atoms. The van der Waals surface area contributed by atoms with Crippen molar-refractivity contribution in [2.75, 3.05) is 31.5 Å². The van der Waals surface area contributed by atoms with Gasteiger partial charge in [-0.15, -0.1) is 0 Å². The Morgan fingerprint density at radius 3 is 2.60 bits per heavy atom. The molecule has 0 atom stereocenters. The van der Waals surface area contributed by atoms with Gasteiger partial charge in [0.15, 0.2) is 17.2 Å². The predicted octanol–water partition coefficient (Wildman–Crippen LogP) is 3.87. The lowest BCUT2D eigenvalue weighted by Crippen LogP contribution is -2.26. The molecule has 0 spiro atoms. The smallest absolute Gasteiger partial charge is 0.412 e. The summed E-state index contributed by atoms with van der Waals surface area (Å²) >= 11 is 0. The molecule has 4 aromatic rings. The van der Waals surface area contributed by atoms with E-state index >= 15 is 0 Å². The fourth-order valence-corrected chi connectivity index (χ4v) is 3.43. The van der Waals surface area contributed by atoms with Crippen LogP contribution in [0.2, 0.25) is 0 Å². The number of aromatic nitrogens is 3. The predicted molar refractivity (Wildman–Crippen MR) is 125 cm³/mol. The zero-order valence-corrected chi connectivity index (χ0v) is 18.9. The minimum absolute atomic E-state index is 0.0491. The Morgan fingerprint density at radius 1 is 1.14 bits per heavy atom. The number of fused-ring (bicyclic) bond motifs is 1. The summed E-state index contributed by atoms with van der Waals surface area (Å²) in [4.78, 5) is 34.4. The number of hydrogen-bond acceptors (Lipinski definition) is 7. The average Bonchev–Trinajstić information content (AvgIpc) is 3.32. The van der Waals surface area contributed by atoms with E-state index in [1.165, 1.54) is 37.4 Å². The lowest BCUT2D eigenvalue weighted by atomic mass is 10.1. The zero-order valence-electron chi connectivity index (χ0n) is 18.9. The number of nitriles is 1. The largest absolute Gasteiger partial charge is 0.494 e. The lowest BCUT2D eigenvalue weighted by molar-refractivity contribution is 0.0992. The summed E-state index contributed by atoms with van der Waals surface area (Å²) in [6.45, 7) is 0. The van der Waals surface area contributed by atoms with Crippen LogP contribution in [0, 0.1) is 17.1 Å². The first-order valence-electron chi connectivity index (χ1n) is 10.2. The minimum atomic E-state index is -0.644. The molecule has 0 aliphatic rings. The Hall–Kier alpha value is -4.98. The number of ether oxygens (including phenoxy) is 2. The average molecular weight is 474 g/mol. The molecule has 4 rings (SSSR count). The van der Waals surface area contributed by atoms with Crippen molar-refractivity contribution in [3.63, 3.8) is 0 Å². The summed E-state index contributed by atoms with van der Waals surface area (Å²) in [5, 5.41) is 12.2. The molecule has 1 N–H and O–H groups in total. The third-order valence-electron chi connectivity index (χ3n) is 5.28. The Kier molecular flexibility index (Phi) is 6.28. The van der Waals surface area contributed by atoms with Crippen LogP contribution in [0.5, 0.6) is 5.75 Å². The number of amides is 2. The van der Waals surface area contributed by atoms with Crippen molar-refractivity contribution in [2.45, 2.75) is 0 Å². The second kappa shape index (κ2) is 9.48. The van der Waals surface area contributed by atoms with Crippen LogP contribution < -0.4 is 15.0 Å². The molecular weight excluding hydrogens is 455 g/mol. The van der Waals surface area contributed by atoms with Crippen molar-refractivity contribution in [3.8, 4) is 23.1 Å². The molecule has 0 saturated carbocycles. The van der Waals surface area contributed by atoms with Gasteiger partial charge in [0.1, 0.15) is 11.9 Å². The molecule has 0 fully saturated rings. The highest BCUT2D eigenvalue weighted by atomic mass is 19.1. The first-order chi connectivity index (χ1) is 16.9. The Morgan fingerprint density at radius 2 is 1.94 bits per heavy atom. The highest BCUT2D eigenvalue weighted by molar-refractivity contribution is 6.06. The second-order valence-electron chi connectivity index (χ2n) is 7.32. The van der Waals surface area contributed by atoms with Gasteiger partial charge in [0.25, 0.3) is 5.91 Å². The quantitative estimate of drug-likeness (QED) is 0.466. The van der Waals surface area contributed by atoms with Crippen LogP contribution in [0.3, 0.4) is 0 Å². The van der Waals surface area contributed by atoms with Gasteiger partial charge in [-0.2, -0.15) is 5.26 Å². The van der Waals surface area contributed by atoms with Crippen LogP contribution >= 0.6 is 0 Å². The van der Waals surface area contributed by atoms with Gasteiger partial charge >= 0.3 is 6.09 Å². The van der Waals surface area contributed by atoms with Gasteiger partial charge in [0, 0.05) is 30.6 Å². The van der Waals surface area contributed by atoms with Crippen LogP contribution in [0.1, 0.15) is 15.9 Å². The molecule has 0 aliphatic heterocycles. The van der Waals surface area contributed by atoms with Gasteiger partial charge < -0.3 is 14.4 Å². The van der Waals surface area contributed by atoms with E-state index < -0.39 is 17.8 Å². The number of carbonyl (C=O) groups is 2. The summed E-state index contributed by atoms with van der Waals surface area (Å²) in [5.74, 6) is -0.753. The number of benzene rings is 1. The van der Waals surface area contributed by atoms with E-state index in [-0.39, 0.29) is 16.9 Å². The molecule has 1 aromatic carbocycles. The first kappa shape index (κ1) is 23.2. The van der Waals surface area contributed by atoms with Gasteiger partial charge in [-0.1, -0.05) is 0 Å². The van der Waals surface area contributed by atoms with Crippen molar-refractivity contribution < 1.29 is 23.5 Å². The molecule has 0 radical (unpaired) electrons. The van der Waals surface area contributed by atoms with Gasteiger partial charge in [0.05, 0.1) is 37.4 Å². The molecule has 2 amide bonds. The Bertz CT molecular complexity index is 1480. The maximum Gasteiger partial charge on any atom is 0.412 e. The number of imidazole rings is 1. The topological polar surface area (TPSA) is 122 Å². The van der Waals surface area contributed by atoms with E-state index in [1.807, 2.05) is 0 Å². The van der Waals surface area contributed by atoms with Crippen molar-refractivity contribution in [1.29, 1.82) is 5.26 Å². The molecule has 0 aliphatic carbocycles. The van der Waals surface area contributed by atoms with E-state index in [2.05, 4.69) is 26.1 Å². The summed E-state index contributed by atoms with van der Waals surface area (Å²) in [5.41, 5.74) is 2.55. The molecule has 0 saturated heterocycles. The zero-order chi connectivity index (χ0) is 25.1. The van der Waals surface area contributed by atoms with Crippen molar-refractivity contribution >= 4 is 29.2 Å². The second-order valence-corrected chi connectivity index (χ2v) is 7.32. The van der Waals surface area contributed by atoms with E-state index in [0.717, 1.165) is 6.07 Å². The number of nitrogens with one attached hydrogen (secondary N) is 1. The summed E-state index contributed by atoms with van der Waals surface area (Å²) in [7, 11) is 4.11. The Labute approximate surface area is 199 Å². The van der Waals surface area contributed by atoms with Crippen molar-refractivity contribution in [2.24, 2.45) is 0 Å². The number of anilines is 2. The van der Waals surface area contributed by atoms with Crippen LogP contribution in [0.15, 0.2) is 55.0 Å². The maximum atomic E-state index is 13.8. The molecule has 176 valence electrons. The third-order valence-corrected chi connectivity index (χ3v) is 5.28. The third kappa shape index (κ3) is 4.45. The minimum Gasteiger partial charge on any atom is -0.494 e. The van der Waals surface area contributed by atoms with Gasteiger partial charge in [-0.25, -0.2) is 19.2 Å². The molecule has 0 bridgehead atoms. The summed E-state index contributed by atoms with van der Waals surface area (Å²) in [6, 6.07) is 10.8. The number of hydrogen-bond donors (Lipinski definition) is 1. The number of pyridine rings is 2. The molecule has 3 aromatic heterocycles. The number of carbonyl (C=O) groups excluding carboxylic acids is 2. The van der Waals surface area contributed by atoms with E-state index in [9.17, 15) is 19.2 Å². The van der Waals surface area contributed by atoms with E-state index in [4.69, 9.17) is 4.74 Å². The lowest BCUT2D eigenvalue weighted by Gasteiger charge is -2.19. The number of methoxy groups -OCH3 is 2. The van der Waals surface area contributed by atoms with Crippen LogP contribution in [0.25, 0.3) is 16.9 Å². The molecule has 0 unspecified atom stereocenters. The summed E-state index contributed by atoms with van der Waals surface area (Å²) in [6.07, 6.45) is 4.14. The van der Waals surface area contributed by atoms with E-state index in [1.54, 1.807) is 42.0 Å². The Balaban J connectivity index is 1.73.